The summed E-state index contributed by atoms with van der Waals surface area (Å²) in [6, 6.07) is 7.94. The second-order valence-electron chi connectivity index (χ2n) is 10.2. The Labute approximate surface area is 206 Å². The molecule has 2 fully saturated rings. The van der Waals surface area contributed by atoms with Crippen LogP contribution in [0, 0.1) is 17.1 Å². The summed E-state index contributed by atoms with van der Waals surface area (Å²) in [5.41, 5.74) is 1.01. The molecule has 3 heterocycles. The number of halogens is 1. The maximum Gasteiger partial charge on any atom is 0.229 e. The summed E-state index contributed by atoms with van der Waals surface area (Å²) in [5, 5.41) is 15.9. The molecule has 0 radical (unpaired) electrons. The van der Waals surface area contributed by atoms with Crippen LogP contribution in [0.3, 0.4) is 0 Å². The maximum atomic E-state index is 14.5. The topological polar surface area (TPSA) is 95.3 Å². The number of hydrogen-bond acceptors (Lipinski definition) is 8. The van der Waals surface area contributed by atoms with Gasteiger partial charge in [0, 0.05) is 29.7 Å². The first kappa shape index (κ1) is 25.1. The molecular formula is C26H35FN6O2. The summed E-state index contributed by atoms with van der Waals surface area (Å²) in [7, 11) is 0. The highest BCUT2D eigenvalue weighted by Gasteiger charge is 2.34. The van der Waals surface area contributed by atoms with E-state index in [0.717, 1.165) is 25.6 Å². The Morgan fingerprint density at radius 1 is 1.37 bits per heavy atom. The van der Waals surface area contributed by atoms with Gasteiger partial charge in [-0.25, -0.2) is 9.37 Å². The zero-order valence-corrected chi connectivity index (χ0v) is 21.0. The molecule has 8 nitrogen and oxygen atoms in total. The van der Waals surface area contributed by atoms with Crippen molar-refractivity contribution in [3.8, 4) is 11.8 Å². The third kappa shape index (κ3) is 6.19. The van der Waals surface area contributed by atoms with E-state index in [1.165, 1.54) is 12.8 Å². The molecule has 4 rings (SSSR count). The van der Waals surface area contributed by atoms with Gasteiger partial charge in [-0.3, -0.25) is 4.90 Å². The number of anilines is 3. The van der Waals surface area contributed by atoms with Crippen LogP contribution < -0.4 is 15.4 Å². The molecule has 0 bridgehead atoms. The van der Waals surface area contributed by atoms with E-state index in [0.29, 0.717) is 36.3 Å². The van der Waals surface area contributed by atoms with Crippen LogP contribution in [0.1, 0.15) is 58.9 Å². The molecule has 35 heavy (non-hydrogen) atoms. The summed E-state index contributed by atoms with van der Waals surface area (Å²) < 4.78 is 25.8. The number of benzene rings is 1. The molecular weight excluding hydrogens is 447 g/mol. The summed E-state index contributed by atoms with van der Waals surface area (Å²) >= 11 is 0. The number of rotatable bonds is 9. The molecule has 2 aromatic rings. The molecule has 3 atom stereocenters. The Morgan fingerprint density at radius 2 is 2.20 bits per heavy atom. The third-order valence-corrected chi connectivity index (χ3v) is 6.80. The van der Waals surface area contributed by atoms with Crippen molar-refractivity contribution >= 4 is 17.5 Å². The number of aromatic nitrogens is 2. The van der Waals surface area contributed by atoms with Gasteiger partial charge in [-0.15, -0.1) is 0 Å². The average molecular weight is 483 g/mol. The lowest BCUT2D eigenvalue weighted by atomic mass is 9.93. The molecule has 2 aliphatic heterocycles. The lowest BCUT2D eigenvalue weighted by Gasteiger charge is -2.40. The largest absolute Gasteiger partial charge is 0.487 e. The first-order valence-corrected chi connectivity index (χ1v) is 12.4. The van der Waals surface area contributed by atoms with E-state index >= 15 is 0 Å². The van der Waals surface area contributed by atoms with E-state index in [4.69, 9.17) is 9.47 Å². The van der Waals surface area contributed by atoms with Crippen molar-refractivity contribution in [3.63, 3.8) is 0 Å². The van der Waals surface area contributed by atoms with Crippen LogP contribution in [0.15, 0.2) is 24.4 Å². The van der Waals surface area contributed by atoms with Crippen molar-refractivity contribution < 1.29 is 13.9 Å². The molecule has 188 valence electrons. The Morgan fingerprint density at radius 3 is 2.89 bits per heavy atom. The lowest BCUT2D eigenvalue weighted by molar-refractivity contribution is 0.101. The molecule has 1 aromatic carbocycles. The van der Waals surface area contributed by atoms with Gasteiger partial charge in [0.1, 0.15) is 17.9 Å². The maximum absolute atomic E-state index is 14.5. The van der Waals surface area contributed by atoms with Crippen molar-refractivity contribution in [3.05, 3.63) is 35.8 Å². The van der Waals surface area contributed by atoms with E-state index in [2.05, 4.69) is 52.3 Å². The molecule has 0 amide bonds. The zero-order valence-electron chi connectivity index (χ0n) is 21.0. The van der Waals surface area contributed by atoms with Gasteiger partial charge >= 0.3 is 0 Å². The fourth-order valence-corrected chi connectivity index (χ4v) is 5.22. The van der Waals surface area contributed by atoms with Gasteiger partial charge in [0.05, 0.1) is 25.0 Å². The summed E-state index contributed by atoms with van der Waals surface area (Å²) in [4.78, 5) is 11.0. The van der Waals surface area contributed by atoms with Crippen molar-refractivity contribution in [1.29, 1.82) is 5.26 Å². The van der Waals surface area contributed by atoms with E-state index in [-0.39, 0.29) is 29.5 Å². The Bertz CT molecular complexity index is 1070. The molecule has 2 unspecified atom stereocenters. The molecule has 1 aromatic heterocycles. The van der Waals surface area contributed by atoms with Gasteiger partial charge in [0.15, 0.2) is 11.6 Å². The molecule has 9 heteroatoms. The fraction of sp³-hybridized carbons (Fsp3) is 0.577. The second kappa shape index (κ2) is 10.8. The minimum atomic E-state index is -0.505. The zero-order chi connectivity index (χ0) is 25.0. The molecule has 2 N–H and O–H groups in total. The van der Waals surface area contributed by atoms with E-state index in [1.807, 2.05) is 6.92 Å². The van der Waals surface area contributed by atoms with Crippen molar-refractivity contribution in [2.45, 2.75) is 77.1 Å². The third-order valence-electron chi connectivity index (χ3n) is 6.80. The molecule has 0 spiro atoms. The van der Waals surface area contributed by atoms with Crippen LogP contribution in [-0.2, 0) is 4.74 Å². The van der Waals surface area contributed by atoms with Gasteiger partial charge in [-0.05, 0) is 71.7 Å². The highest BCUT2D eigenvalue weighted by molar-refractivity contribution is 5.61. The van der Waals surface area contributed by atoms with E-state index < -0.39 is 5.82 Å². The number of likely N-dealkylation sites (tertiary alicyclic amines) is 1. The quantitative estimate of drug-likeness (QED) is 0.524. The minimum Gasteiger partial charge on any atom is -0.487 e. The lowest BCUT2D eigenvalue weighted by Crippen LogP contribution is -2.48. The number of nitriles is 1. The standard InChI is InChI=1S/C26H35FN6O2/c1-17(13-26(3,4)33-10-5-6-18(33)2)30-24-22(27)15-29-25(32-24)31-20-7-8-23(19(12-20)14-28)35-21-9-11-34-16-21/h7-8,12,15,17-18,21H,5-6,9-11,13,16H2,1-4H3,(H2,29,30,31,32)/t17?,18?,21-/m1/s1. The number of nitrogens with one attached hydrogen (secondary N) is 2. The Hall–Kier alpha value is -2.96. The van der Waals surface area contributed by atoms with Gasteiger partial charge < -0.3 is 20.1 Å². The smallest absolute Gasteiger partial charge is 0.229 e. The van der Waals surface area contributed by atoms with Crippen LogP contribution in [-0.4, -0.2) is 58.4 Å². The molecule has 0 aliphatic carbocycles. The van der Waals surface area contributed by atoms with Crippen LogP contribution >= 0.6 is 0 Å². The summed E-state index contributed by atoms with van der Waals surface area (Å²) in [5.74, 6) is 0.409. The summed E-state index contributed by atoms with van der Waals surface area (Å²) in [6.07, 6.45) is 5.20. The molecule has 2 saturated heterocycles. The first-order chi connectivity index (χ1) is 16.7. The monoisotopic (exact) mass is 482 g/mol. The predicted octanol–water partition coefficient (Wildman–Crippen LogP) is 4.85. The highest BCUT2D eigenvalue weighted by Crippen LogP contribution is 2.31. The Balaban J connectivity index is 1.42. The van der Waals surface area contributed by atoms with Crippen LogP contribution in [0.5, 0.6) is 5.75 Å². The second-order valence-corrected chi connectivity index (χ2v) is 10.2. The molecule has 2 aliphatic rings. The minimum absolute atomic E-state index is 0.00491. The average Bonchev–Trinajstić information content (AvgIpc) is 3.48. The van der Waals surface area contributed by atoms with Crippen molar-refractivity contribution in [2.24, 2.45) is 0 Å². The molecule has 0 saturated carbocycles. The van der Waals surface area contributed by atoms with Crippen LogP contribution in [0.4, 0.5) is 21.8 Å². The normalized spacial score (nSPS) is 21.5. The first-order valence-electron chi connectivity index (χ1n) is 12.4. The number of nitrogens with zero attached hydrogens (tertiary/aromatic N) is 4. The highest BCUT2D eigenvalue weighted by atomic mass is 19.1. The van der Waals surface area contributed by atoms with E-state index in [9.17, 15) is 9.65 Å². The fourth-order valence-electron chi connectivity index (χ4n) is 5.22. The van der Waals surface area contributed by atoms with Gasteiger partial charge in [-0.1, -0.05) is 0 Å². The van der Waals surface area contributed by atoms with Gasteiger partial charge in [0.2, 0.25) is 5.95 Å². The SMILES string of the molecule is CC(CC(C)(C)N1CCCC1C)Nc1nc(Nc2ccc(O[C@@H]3CCOC3)c(C#N)c2)ncc1F. The van der Waals surface area contributed by atoms with Gasteiger partial charge in [-0.2, -0.15) is 10.2 Å². The predicted molar refractivity (Wildman–Crippen MR) is 133 cm³/mol. The van der Waals surface area contributed by atoms with Crippen molar-refractivity contribution in [2.75, 3.05) is 30.4 Å². The van der Waals surface area contributed by atoms with Crippen LogP contribution in [0.25, 0.3) is 0 Å². The van der Waals surface area contributed by atoms with E-state index in [1.54, 1.807) is 18.2 Å². The number of ether oxygens (including phenoxy) is 2. The number of hydrogen-bond donors (Lipinski definition) is 2. The van der Waals surface area contributed by atoms with Crippen molar-refractivity contribution in [1.82, 2.24) is 14.9 Å². The van der Waals surface area contributed by atoms with Gasteiger partial charge in [0.25, 0.3) is 0 Å². The Kier molecular flexibility index (Phi) is 7.72. The summed E-state index contributed by atoms with van der Waals surface area (Å²) in [6.45, 7) is 11.1. The van der Waals surface area contributed by atoms with Crippen LogP contribution in [0.2, 0.25) is 0 Å².